The highest BCUT2D eigenvalue weighted by Crippen LogP contribution is 2.40. The van der Waals surface area contributed by atoms with Crippen LogP contribution in [0.25, 0.3) is 0 Å². The first-order chi connectivity index (χ1) is 9.21. The molecular formula is C12H12F3N3OS. The van der Waals surface area contributed by atoms with Crippen molar-refractivity contribution in [1.29, 1.82) is 5.41 Å². The molecule has 0 bridgehead atoms. The van der Waals surface area contributed by atoms with E-state index < -0.39 is 17.6 Å². The number of nitrogens with one attached hydrogen (secondary N) is 1. The SMILES string of the molecule is CN(C)c1ccc(C(F)(F)F)c(N2C(=N)SCC2=O)c1. The summed E-state index contributed by atoms with van der Waals surface area (Å²) in [6, 6.07) is 3.55. The van der Waals surface area contributed by atoms with Gasteiger partial charge in [0, 0.05) is 19.8 Å². The largest absolute Gasteiger partial charge is 0.418 e. The molecule has 2 rings (SSSR count). The molecule has 1 heterocycles. The minimum atomic E-state index is -4.58. The van der Waals surface area contributed by atoms with Gasteiger partial charge in [0.05, 0.1) is 17.0 Å². The summed E-state index contributed by atoms with van der Waals surface area (Å²) >= 11 is 0.921. The number of thioether (sulfide) groups is 1. The van der Waals surface area contributed by atoms with Crippen LogP contribution >= 0.6 is 11.8 Å². The Balaban J connectivity index is 2.61. The van der Waals surface area contributed by atoms with Crippen LogP contribution in [0.3, 0.4) is 0 Å². The number of amidine groups is 1. The summed E-state index contributed by atoms with van der Waals surface area (Å²) in [5.74, 6) is -0.524. The number of carbonyl (C=O) groups excluding carboxylic acids is 1. The second-order valence-corrected chi connectivity index (χ2v) is 5.38. The summed E-state index contributed by atoms with van der Waals surface area (Å²) in [5, 5.41) is 7.46. The first-order valence-electron chi connectivity index (χ1n) is 5.64. The molecule has 8 heteroatoms. The fourth-order valence-electron chi connectivity index (χ4n) is 1.84. The normalized spacial score (nSPS) is 15.9. The Morgan fingerprint density at radius 2 is 2.00 bits per heavy atom. The molecule has 0 aliphatic carbocycles. The quantitative estimate of drug-likeness (QED) is 0.914. The minimum Gasteiger partial charge on any atom is -0.378 e. The van der Waals surface area contributed by atoms with Crippen molar-refractivity contribution in [2.45, 2.75) is 6.18 Å². The van der Waals surface area contributed by atoms with Gasteiger partial charge in [-0.2, -0.15) is 13.2 Å². The molecule has 0 spiro atoms. The first-order valence-corrected chi connectivity index (χ1v) is 6.63. The van der Waals surface area contributed by atoms with Gasteiger partial charge in [0.25, 0.3) is 0 Å². The topological polar surface area (TPSA) is 47.4 Å². The Morgan fingerprint density at radius 3 is 2.45 bits per heavy atom. The fraction of sp³-hybridized carbons (Fsp3) is 0.333. The predicted octanol–water partition coefficient (Wildman–Crippen LogP) is 2.79. The number of nitrogens with zero attached hydrogens (tertiary/aromatic N) is 2. The van der Waals surface area contributed by atoms with Crippen LogP contribution in [-0.2, 0) is 11.0 Å². The maximum absolute atomic E-state index is 13.1. The molecule has 0 unspecified atom stereocenters. The average molecular weight is 303 g/mol. The van der Waals surface area contributed by atoms with E-state index in [1.165, 1.54) is 12.1 Å². The van der Waals surface area contributed by atoms with E-state index in [4.69, 9.17) is 5.41 Å². The van der Waals surface area contributed by atoms with Gasteiger partial charge in [0.15, 0.2) is 5.17 Å². The van der Waals surface area contributed by atoms with Crippen molar-refractivity contribution in [2.24, 2.45) is 0 Å². The Morgan fingerprint density at radius 1 is 1.35 bits per heavy atom. The molecule has 1 aliphatic rings. The molecule has 0 saturated carbocycles. The van der Waals surface area contributed by atoms with Crippen molar-refractivity contribution in [3.63, 3.8) is 0 Å². The van der Waals surface area contributed by atoms with Gasteiger partial charge in [0.1, 0.15) is 0 Å². The van der Waals surface area contributed by atoms with Crippen molar-refractivity contribution < 1.29 is 18.0 Å². The third-order valence-corrected chi connectivity index (χ3v) is 3.68. The van der Waals surface area contributed by atoms with Crippen LogP contribution in [0.5, 0.6) is 0 Å². The Hall–Kier alpha value is -1.70. The number of carbonyl (C=O) groups is 1. The second-order valence-electron chi connectivity index (χ2n) is 4.42. The molecule has 0 radical (unpaired) electrons. The molecule has 108 valence electrons. The first kappa shape index (κ1) is 14.7. The Bertz CT molecular complexity index is 556. The van der Waals surface area contributed by atoms with Gasteiger partial charge >= 0.3 is 6.18 Å². The number of hydrogen-bond acceptors (Lipinski definition) is 4. The third kappa shape index (κ3) is 2.60. The van der Waals surface area contributed by atoms with Crippen LogP contribution in [0.15, 0.2) is 18.2 Å². The summed E-state index contributed by atoms with van der Waals surface area (Å²) in [5.41, 5.74) is -0.669. The monoisotopic (exact) mass is 303 g/mol. The van der Waals surface area contributed by atoms with E-state index in [2.05, 4.69) is 0 Å². The van der Waals surface area contributed by atoms with Crippen LogP contribution in [0.4, 0.5) is 24.5 Å². The lowest BCUT2D eigenvalue weighted by Gasteiger charge is -2.23. The highest BCUT2D eigenvalue weighted by molar-refractivity contribution is 8.15. The van der Waals surface area contributed by atoms with Crippen LogP contribution in [0.1, 0.15) is 5.56 Å². The molecule has 1 N–H and O–H groups in total. The van der Waals surface area contributed by atoms with Gasteiger partial charge < -0.3 is 4.90 Å². The molecular weight excluding hydrogens is 291 g/mol. The number of anilines is 2. The number of alkyl halides is 3. The number of rotatable bonds is 2. The van der Waals surface area contributed by atoms with Gasteiger partial charge in [-0.15, -0.1) is 0 Å². The summed E-state index contributed by atoms with van der Waals surface area (Å²) < 4.78 is 39.2. The highest BCUT2D eigenvalue weighted by Gasteiger charge is 2.39. The van der Waals surface area contributed by atoms with E-state index in [9.17, 15) is 18.0 Å². The summed E-state index contributed by atoms with van der Waals surface area (Å²) in [7, 11) is 3.39. The van der Waals surface area contributed by atoms with Crippen LogP contribution in [0.2, 0.25) is 0 Å². The number of halogens is 3. The van der Waals surface area contributed by atoms with E-state index in [-0.39, 0.29) is 16.6 Å². The maximum atomic E-state index is 13.1. The Kier molecular flexibility index (Phi) is 3.68. The maximum Gasteiger partial charge on any atom is 0.418 e. The van der Waals surface area contributed by atoms with E-state index in [1.54, 1.807) is 19.0 Å². The zero-order chi connectivity index (χ0) is 15.1. The molecule has 0 aromatic heterocycles. The van der Waals surface area contributed by atoms with Crippen LogP contribution < -0.4 is 9.80 Å². The van der Waals surface area contributed by atoms with Gasteiger partial charge in [-0.3, -0.25) is 15.1 Å². The molecule has 1 saturated heterocycles. The van der Waals surface area contributed by atoms with E-state index in [0.717, 1.165) is 22.7 Å². The molecule has 20 heavy (non-hydrogen) atoms. The van der Waals surface area contributed by atoms with Crippen molar-refractivity contribution in [2.75, 3.05) is 29.6 Å². The number of hydrogen-bond donors (Lipinski definition) is 1. The lowest BCUT2D eigenvalue weighted by Crippen LogP contribution is -2.31. The predicted molar refractivity (Wildman–Crippen MR) is 73.4 cm³/mol. The van der Waals surface area contributed by atoms with Gasteiger partial charge in [0.2, 0.25) is 5.91 Å². The summed E-state index contributed by atoms with van der Waals surface area (Å²) in [6.45, 7) is 0. The molecule has 1 fully saturated rings. The number of amides is 1. The molecule has 0 atom stereocenters. The molecule has 4 nitrogen and oxygen atoms in total. The zero-order valence-corrected chi connectivity index (χ0v) is 11.6. The van der Waals surface area contributed by atoms with E-state index in [0.29, 0.717) is 5.69 Å². The average Bonchev–Trinajstić information content (AvgIpc) is 2.67. The second kappa shape index (κ2) is 5.01. The molecule has 1 aromatic rings. The molecule has 1 amide bonds. The van der Waals surface area contributed by atoms with Crippen LogP contribution in [0, 0.1) is 5.41 Å². The lowest BCUT2D eigenvalue weighted by atomic mass is 10.1. The van der Waals surface area contributed by atoms with E-state index in [1.807, 2.05) is 0 Å². The third-order valence-electron chi connectivity index (χ3n) is 2.83. The van der Waals surface area contributed by atoms with Crippen molar-refractivity contribution in [3.8, 4) is 0 Å². The Labute approximate surface area is 118 Å². The highest BCUT2D eigenvalue weighted by atomic mass is 32.2. The van der Waals surface area contributed by atoms with Crippen LogP contribution in [-0.4, -0.2) is 30.9 Å². The van der Waals surface area contributed by atoms with Crippen molar-refractivity contribution in [1.82, 2.24) is 0 Å². The van der Waals surface area contributed by atoms with E-state index >= 15 is 0 Å². The van der Waals surface area contributed by atoms with Crippen molar-refractivity contribution in [3.05, 3.63) is 23.8 Å². The summed E-state index contributed by atoms with van der Waals surface area (Å²) in [6.07, 6.45) is -4.58. The molecule has 1 aliphatic heterocycles. The zero-order valence-electron chi connectivity index (χ0n) is 10.8. The van der Waals surface area contributed by atoms with Gasteiger partial charge in [-0.25, -0.2) is 0 Å². The van der Waals surface area contributed by atoms with Gasteiger partial charge in [-0.05, 0) is 18.2 Å². The standard InChI is InChI=1S/C12H12F3N3OS/c1-17(2)7-3-4-8(12(13,14)15)9(5-7)18-10(19)6-20-11(18)16/h3-5,16H,6H2,1-2H3. The minimum absolute atomic E-state index is 0.0116. The number of benzene rings is 1. The summed E-state index contributed by atoms with van der Waals surface area (Å²) in [4.78, 5) is 14.2. The fourth-order valence-corrected chi connectivity index (χ4v) is 2.56. The van der Waals surface area contributed by atoms with Gasteiger partial charge in [-0.1, -0.05) is 11.8 Å². The molecule has 1 aromatic carbocycles. The lowest BCUT2D eigenvalue weighted by molar-refractivity contribution is -0.137. The van der Waals surface area contributed by atoms with Crippen molar-refractivity contribution >= 4 is 34.2 Å². The smallest absolute Gasteiger partial charge is 0.378 e.